The van der Waals surface area contributed by atoms with Gasteiger partial charge in [0.05, 0.1) is 28.7 Å². The highest BCUT2D eigenvalue weighted by Crippen LogP contribution is 2.29. The smallest absolute Gasteiger partial charge is 0.263 e. The third-order valence-corrected chi connectivity index (χ3v) is 8.73. The Bertz CT molecular complexity index is 1710. The lowest BCUT2D eigenvalue weighted by Crippen LogP contribution is -2.36. The number of nitriles is 1. The number of hydrogen-bond acceptors (Lipinski definition) is 8. The molecule has 5 rings (SSSR count). The summed E-state index contributed by atoms with van der Waals surface area (Å²) < 4.78 is 42.9. The van der Waals surface area contributed by atoms with Crippen molar-refractivity contribution in [1.82, 2.24) is 19.9 Å². The molecule has 0 bridgehead atoms. The molecule has 0 spiro atoms. The predicted molar refractivity (Wildman–Crippen MR) is 153 cm³/mol. The number of anilines is 2. The van der Waals surface area contributed by atoms with E-state index < -0.39 is 15.8 Å². The van der Waals surface area contributed by atoms with Crippen LogP contribution in [0.25, 0.3) is 22.3 Å². The van der Waals surface area contributed by atoms with Crippen LogP contribution in [0.2, 0.25) is 0 Å². The maximum Gasteiger partial charge on any atom is 0.263 e. The summed E-state index contributed by atoms with van der Waals surface area (Å²) in [6.07, 6.45) is 6.04. The molecule has 1 saturated carbocycles. The van der Waals surface area contributed by atoms with Crippen molar-refractivity contribution in [3.05, 3.63) is 71.7 Å². The average Bonchev–Trinajstić information content (AvgIpc) is 2.94. The number of hydrogen-bond donors (Lipinski definition) is 2. The van der Waals surface area contributed by atoms with E-state index in [1.807, 2.05) is 19.1 Å². The molecular formula is C29H30FN7O2S. The van der Waals surface area contributed by atoms with Crippen molar-refractivity contribution < 1.29 is 12.8 Å². The Morgan fingerprint density at radius 1 is 1.05 bits per heavy atom. The molecule has 9 nitrogen and oxygen atoms in total. The van der Waals surface area contributed by atoms with Crippen LogP contribution >= 0.6 is 0 Å². The number of aryl methyl sites for hydroxylation is 1. The maximum atomic E-state index is 15.1. The van der Waals surface area contributed by atoms with E-state index in [-0.39, 0.29) is 16.1 Å². The number of fused-ring (bicyclic) bond motifs is 1. The third-order valence-electron chi connectivity index (χ3n) is 7.30. The molecule has 1 aliphatic rings. The number of sulfonamides is 1. The van der Waals surface area contributed by atoms with Crippen LogP contribution < -0.4 is 10.0 Å². The van der Waals surface area contributed by atoms with Gasteiger partial charge in [0.25, 0.3) is 10.0 Å². The Kier molecular flexibility index (Phi) is 7.65. The van der Waals surface area contributed by atoms with Gasteiger partial charge in [0.1, 0.15) is 22.3 Å². The van der Waals surface area contributed by atoms with E-state index in [2.05, 4.69) is 39.0 Å². The number of benzene rings is 2. The normalized spacial score (nSPS) is 17.5. The maximum absolute atomic E-state index is 15.1. The first-order valence-corrected chi connectivity index (χ1v) is 14.5. The molecule has 0 atom stereocenters. The van der Waals surface area contributed by atoms with Gasteiger partial charge in [-0.15, -0.1) is 0 Å². The van der Waals surface area contributed by atoms with Crippen molar-refractivity contribution in [1.29, 1.82) is 5.26 Å². The molecule has 0 saturated heterocycles. The number of rotatable bonds is 7. The molecule has 0 unspecified atom stereocenters. The Morgan fingerprint density at radius 3 is 2.50 bits per heavy atom. The van der Waals surface area contributed by atoms with Gasteiger partial charge in [-0.3, -0.25) is 4.72 Å². The molecule has 0 amide bonds. The second-order valence-corrected chi connectivity index (χ2v) is 11.9. The standard InChI is InChI=1S/C29H30FN7O2S/c1-18-14-25(34-26-17-32-29(35-28(18)26)33-21-9-11-22(12-10-21)37(2)3)19-8-13-24(23(30)15-19)36-40(38,39)27-7-5-4-6-20(27)16-31/h4-8,13-15,17,21-22,36H,9-12H2,1-3H3,(H,32,33,35)/t21-,22-. The van der Waals surface area contributed by atoms with E-state index >= 15 is 4.39 Å². The topological polar surface area (TPSA) is 124 Å². The van der Waals surface area contributed by atoms with Gasteiger partial charge in [-0.25, -0.2) is 27.8 Å². The molecule has 4 aromatic rings. The van der Waals surface area contributed by atoms with Gasteiger partial charge in [0.15, 0.2) is 0 Å². The number of nitrogens with zero attached hydrogens (tertiary/aromatic N) is 5. The highest BCUT2D eigenvalue weighted by molar-refractivity contribution is 7.92. The molecule has 206 valence electrons. The lowest BCUT2D eigenvalue weighted by Gasteiger charge is -2.32. The zero-order valence-corrected chi connectivity index (χ0v) is 23.3. The van der Waals surface area contributed by atoms with Crippen LogP contribution in [0.15, 0.2) is 59.6 Å². The first-order chi connectivity index (χ1) is 19.1. The molecule has 2 heterocycles. The zero-order chi connectivity index (χ0) is 28.4. The Balaban J connectivity index is 1.35. The Morgan fingerprint density at radius 2 is 1.80 bits per heavy atom. The van der Waals surface area contributed by atoms with E-state index in [0.717, 1.165) is 31.2 Å². The van der Waals surface area contributed by atoms with Crippen molar-refractivity contribution in [3.63, 3.8) is 0 Å². The SMILES string of the molecule is Cc1cc(-c2ccc(NS(=O)(=O)c3ccccc3C#N)c(F)c2)nc2cnc(N[C@H]3CC[C@H](N(C)C)CC3)nc12. The van der Waals surface area contributed by atoms with Crippen LogP contribution in [0.1, 0.15) is 36.8 Å². The minimum absolute atomic E-state index is 0.0276. The average molecular weight is 560 g/mol. The summed E-state index contributed by atoms with van der Waals surface area (Å²) in [5.41, 5.74) is 2.88. The molecule has 0 aliphatic heterocycles. The highest BCUT2D eigenvalue weighted by Gasteiger charge is 2.23. The van der Waals surface area contributed by atoms with Crippen LogP contribution in [0.3, 0.4) is 0 Å². The summed E-state index contributed by atoms with van der Waals surface area (Å²) in [6.45, 7) is 1.91. The fraction of sp³-hybridized carbons (Fsp3) is 0.310. The van der Waals surface area contributed by atoms with Crippen molar-refractivity contribution in [3.8, 4) is 17.3 Å². The van der Waals surface area contributed by atoms with Crippen LogP contribution in [0, 0.1) is 24.1 Å². The summed E-state index contributed by atoms with van der Waals surface area (Å²) in [6, 6.07) is 14.5. The van der Waals surface area contributed by atoms with Gasteiger partial charge in [0.2, 0.25) is 5.95 Å². The molecule has 2 N–H and O–H groups in total. The van der Waals surface area contributed by atoms with Gasteiger partial charge >= 0.3 is 0 Å². The van der Waals surface area contributed by atoms with Crippen molar-refractivity contribution in [2.45, 2.75) is 49.6 Å². The van der Waals surface area contributed by atoms with Crippen LogP contribution in [-0.4, -0.2) is 54.4 Å². The largest absolute Gasteiger partial charge is 0.351 e. The van der Waals surface area contributed by atoms with Crippen LogP contribution in [0.5, 0.6) is 0 Å². The number of nitrogens with one attached hydrogen (secondary N) is 2. The van der Waals surface area contributed by atoms with Gasteiger partial charge in [0, 0.05) is 17.6 Å². The predicted octanol–water partition coefficient (Wildman–Crippen LogP) is 5.10. The minimum Gasteiger partial charge on any atom is -0.351 e. The third kappa shape index (κ3) is 5.73. The van der Waals surface area contributed by atoms with Gasteiger partial charge in [-0.2, -0.15) is 5.26 Å². The monoisotopic (exact) mass is 559 g/mol. The molecule has 11 heteroatoms. The van der Waals surface area contributed by atoms with Gasteiger partial charge in [-0.05, 0) is 82.6 Å². The molecule has 1 aliphatic carbocycles. The second kappa shape index (κ2) is 11.2. The first kappa shape index (κ1) is 27.4. The number of halogens is 1. The van der Waals surface area contributed by atoms with E-state index in [9.17, 15) is 13.7 Å². The van der Waals surface area contributed by atoms with Crippen LogP contribution in [0.4, 0.5) is 16.0 Å². The minimum atomic E-state index is -4.17. The van der Waals surface area contributed by atoms with Crippen molar-refractivity contribution >= 4 is 32.7 Å². The first-order valence-electron chi connectivity index (χ1n) is 13.0. The quantitative estimate of drug-likeness (QED) is 0.321. The molecule has 0 radical (unpaired) electrons. The Hall–Kier alpha value is -4.14. The van der Waals surface area contributed by atoms with E-state index in [1.54, 1.807) is 18.3 Å². The van der Waals surface area contributed by atoms with Crippen molar-refractivity contribution in [2.75, 3.05) is 24.1 Å². The summed E-state index contributed by atoms with van der Waals surface area (Å²) >= 11 is 0. The highest BCUT2D eigenvalue weighted by atomic mass is 32.2. The number of aromatic nitrogens is 3. The van der Waals surface area contributed by atoms with Gasteiger partial charge in [-0.1, -0.05) is 18.2 Å². The second-order valence-electron chi connectivity index (χ2n) is 10.3. The fourth-order valence-electron chi connectivity index (χ4n) is 5.07. The lowest BCUT2D eigenvalue weighted by molar-refractivity contribution is 0.221. The fourth-order valence-corrected chi connectivity index (χ4v) is 6.30. The van der Waals surface area contributed by atoms with Gasteiger partial charge < -0.3 is 10.2 Å². The van der Waals surface area contributed by atoms with Crippen LogP contribution in [-0.2, 0) is 10.0 Å². The molecule has 40 heavy (non-hydrogen) atoms. The lowest BCUT2D eigenvalue weighted by atomic mass is 9.91. The van der Waals surface area contributed by atoms with E-state index in [1.165, 1.54) is 30.3 Å². The molecule has 2 aromatic carbocycles. The molecule has 2 aromatic heterocycles. The summed E-state index contributed by atoms with van der Waals surface area (Å²) in [5, 5.41) is 12.7. The van der Waals surface area contributed by atoms with Crippen molar-refractivity contribution in [2.24, 2.45) is 0 Å². The zero-order valence-electron chi connectivity index (χ0n) is 22.5. The summed E-state index contributed by atoms with van der Waals surface area (Å²) in [4.78, 5) is 15.9. The molecular weight excluding hydrogens is 529 g/mol. The summed E-state index contributed by atoms with van der Waals surface area (Å²) in [5.74, 6) is -0.200. The number of pyridine rings is 1. The van der Waals surface area contributed by atoms with E-state index in [0.29, 0.717) is 40.3 Å². The Labute approximate surface area is 233 Å². The summed E-state index contributed by atoms with van der Waals surface area (Å²) in [7, 11) is 0.0783. The molecule has 1 fully saturated rings. The van der Waals surface area contributed by atoms with E-state index in [4.69, 9.17) is 4.98 Å².